The van der Waals surface area contributed by atoms with Crippen LogP contribution in [0.1, 0.15) is 0 Å². The van der Waals surface area contributed by atoms with Gasteiger partial charge in [0.2, 0.25) is 0 Å². The summed E-state index contributed by atoms with van der Waals surface area (Å²) in [4.78, 5) is 15.5. The normalized spacial score (nSPS) is 11.3. The molecule has 0 unspecified atom stereocenters. The fraction of sp³-hybridized carbons (Fsp3) is 0. The fourth-order valence-electron chi connectivity index (χ4n) is 8.55. The quantitative estimate of drug-likeness (QED) is 0.154. The van der Waals surface area contributed by atoms with Gasteiger partial charge in [0.1, 0.15) is 11.2 Å². The molecule has 61 heavy (non-hydrogen) atoms. The third kappa shape index (κ3) is 6.67. The molecular weight excluding hydrogens is 743 g/mol. The first-order valence-electron chi connectivity index (χ1n) is 20.5. The van der Waals surface area contributed by atoms with Crippen LogP contribution >= 0.6 is 0 Å². The lowest BCUT2D eigenvalue weighted by atomic mass is 9.79. The monoisotopic (exact) mass is 779 g/mol. The van der Waals surface area contributed by atoms with Gasteiger partial charge in [0.05, 0.1) is 5.56 Å². The number of fused-ring (bicyclic) bond motifs is 3. The predicted octanol–water partition coefficient (Wildman–Crippen LogP) is 15.1. The number of hydrogen-bond donors (Lipinski definition) is 0. The highest BCUT2D eigenvalue weighted by Crippen LogP contribution is 2.50. The van der Waals surface area contributed by atoms with Gasteiger partial charge in [0.15, 0.2) is 17.5 Å². The zero-order valence-corrected chi connectivity index (χ0v) is 33.1. The molecule has 0 amide bonds. The average molecular weight is 780 g/mol. The Morgan fingerprint density at radius 1 is 0.262 bits per heavy atom. The maximum absolute atomic E-state index is 6.50. The Labute approximate surface area is 354 Å². The van der Waals surface area contributed by atoms with Crippen LogP contribution in [0.15, 0.2) is 229 Å². The van der Waals surface area contributed by atoms with E-state index in [0.717, 1.165) is 83.1 Å². The smallest absolute Gasteiger partial charge is 0.167 e. The maximum atomic E-state index is 6.50. The van der Waals surface area contributed by atoms with E-state index in [9.17, 15) is 0 Å². The highest BCUT2D eigenvalue weighted by atomic mass is 16.3. The Hall–Kier alpha value is -8.21. The van der Waals surface area contributed by atoms with Gasteiger partial charge in [-0.1, -0.05) is 200 Å². The molecule has 0 bridgehead atoms. The molecule has 0 spiro atoms. The van der Waals surface area contributed by atoms with Crippen molar-refractivity contribution in [2.24, 2.45) is 0 Å². The van der Waals surface area contributed by atoms with Crippen LogP contribution in [-0.4, -0.2) is 15.0 Å². The molecule has 11 rings (SSSR count). The molecule has 0 aliphatic carbocycles. The molecule has 11 aromatic rings. The third-order valence-corrected chi connectivity index (χ3v) is 11.3. The van der Waals surface area contributed by atoms with Crippen LogP contribution in [0.25, 0.3) is 112 Å². The van der Waals surface area contributed by atoms with Crippen LogP contribution in [-0.2, 0) is 0 Å². The van der Waals surface area contributed by atoms with Crippen LogP contribution in [0.3, 0.4) is 0 Å². The zero-order chi connectivity index (χ0) is 40.5. The number of nitrogens with zero attached hydrogens (tertiary/aromatic N) is 3. The minimum Gasteiger partial charge on any atom is -0.455 e. The summed E-state index contributed by atoms with van der Waals surface area (Å²) in [6.07, 6.45) is 0. The molecule has 0 atom stereocenters. The molecular formula is C57H37N3O. The number of para-hydroxylation sites is 2. The molecule has 4 heteroatoms. The van der Waals surface area contributed by atoms with Crippen molar-refractivity contribution in [1.29, 1.82) is 0 Å². The first-order valence-corrected chi connectivity index (χ1v) is 20.5. The van der Waals surface area contributed by atoms with Gasteiger partial charge in [-0.15, -0.1) is 0 Å². The first kappa shape index (κ1) is 35.9. The lowest BCUT2D eigenvalue weighted by molar-refractivity contribution is 0.669. The SMILES string of the molecule is c1ccc(-c2nc(-c3cccc(-c4cc(-c5ccccc5)c(-c5ccccc5)c(-c5ccccc5)c4-c4ccccc4)c3)nc(-c3cccc4c3oc3ccccc34)n2)cc1. The molecule has 0 aliphatic heterocycles. The van der Waals surface area contributed by atoms with Crippen LogP contribution < -0.4 is 0 Å². The number of aromatic nitrogens is 3. The second-order valence-electron chi connectivity index (χ2n) is 15.1. The molecule has 0 N–H and O–H groups in total. The third-order valence-electron chi connectivity index (χ3n) is 11.3. The van der Waals surface area contributed by atoms with E-state index in [1.165, 1.54) is 11.1 Å². The molecule has 2 heterocycles. The van der Waals surface area contributed by atoms with Crippen molar-refractivity contribution < 1.29 is 4.42 Å². The van der Waals surface area contributed by atoms with Gasteiger partial charge in [0, 0.05) is 21.9 Å². The molecule has 2 aromatic heterocycles. The van der Waals surface area contributed by atoms with Crippen molar-refractivity contribution in [3.63, 3.8) is 0 Å². The minimum absolute atomic E-state index is 0.550. The number of rotatable bonds is 8. The van der Waals surface area contributed by atoms with Crippen LogP contribution in [0.2, 0.25) is 0 Å². The van der Waals surface area contributed by atoms with Crippen molar-refractivity contribution >= 4 is 21.9 Å². The number of furan rings is 1. The summed E-state index contributed by atoms with van der Waals surface area (Å²) in [5, 5.41) is 2.08. The molecule has 4 nitrogen and oxygen atoms in total. The van der Waals surface area contributed by atoms with Crippen LogP contribution in [0, 0.1) is 0 Å². The summed E-state index contributed by atoms with van der Waals surface area (Å²) in [6.45, 7) is 0. The summed E-state index contributed by atoms with van der Waals surface area (Å²) in [5.74, 6) is 1.72. The highest BCUT2D eigenvalue weighted by Gasteiger charge is 2.24. The number of benzene rings is 9. The summed E-state index contributed by atoms with van der Waals surface area (Å²) in [7, 11) is 0. The fourth-order valence-corrected chi connectivity index (χ4v) is 8.55. The van der Waals surface area contributed by atoms with Gasteiger partial charge >= 0.3 is 0 Å². The predicted molar refractivity (Wildman–Crippen MR) is 251 cm³/mol. The Morgan fingerprint density at radius 2 is 0.689 bits per heavy atom. The van der Waals surface area contributed by atoms with Gasteiger partial charge in [0.25, 0.3) is 0 Å². The Morgan fingerprint density at radius 3 is 1.31 bits per heavy atom. The summed E-state index contributed by atoms with van der Waals surface area (Å²) in [5.41, 5.74) is 15.6. The summed E-state index contributed by atoms with van der Waals surface area (Å²) >= 11 is 0. The van der Waals surface area contributed by atoms with Crippen LogP contribution in [0.5, 0.6) is 0 Å². The molecule has 0 aliphatic rings. The van der Waals surface area contributed by atoms with E-state index < -0.39 is 0 Å². The maximum Gasteiger partial charge on any atom is 0.167 e. The van der Waals surface area contributed by atoms with E-state index in [1.54, 1.807) is 0 Å². The van der Waals surface area contributed by atoms with E-state index in [4.69, 9.17) is 19.4 Å². The average Bonchev–Trinajstić information content (AvgIpc) is 3.74. The Balaban J connectivity index is 1.18. The van der Waals surface area contributed by atoms with Gasteiger partial charge < -0.3 is 4.42 Å². The number of hydrogen-bond acceptors (Lipinski definition) is 4. The van der Waals surface area contributed by atoms with Gasteiger partial charge in [-0.25, -0.2) is 15.0 Å². The second-order valence-corrected chi connectivity index (χ2v) is 15.1. The van der Waals surface area contributed by atoms with Crippen molar-refractivity contribution in [2.45, 2.75) is 0 Å². The Kier molecular flexibility index (Phi) is 9.14. The van der Waals surface area contributed by atoms with E-state index in [1.807, 2.05) is 60.7 Å². The molecule has 0 radical (unpaired) electrons. The van der Waals surface area contributed by atoms with Gasteiger partial charge in [-0.2, -0.15) is 0 Å². The van der Waals surface area contributed by atoms with Crippen molar-refractivity contribution in [1.82, 2.24) is 15.0 Å². The van der Waals surface area contributed by atoms with Gasteiger partial charge in [-0.3, -0.25) is 0 Å². The Bertz CT molecular complexity index is 3330. The summed E-state index contributed by atoms with van der Waals surface area (Å²) in [6, 6.07) is 78.5. The first-order chi connectivity index (χ1) is 30.3. The molecule has 286 valence electrons. The van der Waals surface area contributed by atoms with E-state index in [2.05, 4.69) is 164 Å². The van der Waals surface area contributed by atoms with Crippen LogP contribution in [0.4, 0.5) is 0 Å². The zero-order valence-electron chi connectivity index (χ0n) is 33.1. The summed E-state index contributed by atoms with van der Waals surface area (Å²) < 4.78 is 6.50. The molecule has 0 fully saturated rings. The largest absolute Gasteiger partial charge is 0.455 e. The standard InChI is InChI=1S/C57H37N3O/c1-6-20-38(21-7-1)48-37-49(52(40-24-10-3-11-25-40)53(41-26-12-4-13-27-41)51(48)39-22-8-2-9-23-39)43-30-18-31-44(36-43)56-58-55(42-28-14-5-15-29-42)59-57(60-56)47-34-19-33-46-45-32-16-17-35-50(45)61-54(46)47/h1-37H. The molecule has 0 saturated heterocycles. The van der Waals surface area contributed by atoms with Crippen molar-refractivity contribution in [2.75, 3.05) is 0 Å². The topological polar surface area (TPSA) is 51.8 Å². The van der Waals surface area contributed by atoms with E-state index in [0.29, 0.717) is 17.5 Å². The lowest BCUT2D eigenvalue weighted by Crippen LogP contribution is -2.01. The van der Waals surface area contributed by atoms with Crippen molar-refractivity contribution in [3.05, 3.63) is 224 Å². The molecule has 0 saturated carbocycles. The van der Waals surface area contributed by atoms with E-state index >= 15 is 0 Å². The lowest BCUT2D eigenvalue weighted by Gasteiger charge is -2.24. The second kappa shape index (κ2) is 15.5. The van der Waals surface area contributed by atoms with E-state index in [-0.39, 0.29) is 0 Å². The van der Waals surface area contributed by atoms with Crippen molar-refractivity contribution in [3.8, 4) is 89.8 Å². The van der Waals surface area contributed by atoms with Gasteiger partial charge in [-0.05, 0) is 79.9 Å². The molecule has 9 aromatic carbocycles. The minimum atomic E-state index is 0.550. The highest BCUT2D eigenvalue weighted by molar-refractivity contribution is 6.10.